The third-order valence-corrected chi connectivity index (χ3v) is 5.76. The van der Waals surface area contributed by atoms with Gasteiger partial charge >= 0.3 is 16.3 Å². The number of fused-ring (bicyclic) bond motifs is 1. The van der Waals surface area contributed by atoms with Gasteiger partial charge in [-0.05, 0) is 43.3 Å². The first kappa shape index (κ1) is 20.8. The van der Waals surface area contributed by atoms with E-state index in [1.54, 1.807) is 36.4 Å². The quantitative estimate of drug-likeness (QED) is 0.395. The summed E-state index contributed by atoms with van der Waals surface area (Å²) in [5.74, 6) is -0.164. The van der Waals surface area contributed by atoms with Gasteiger partial charge in [0.2, 0.25) is 5.88 Å². The van der Waals surface area contributed by atoms with Gasteiger partial charge in [0.15, 0.2) is 5.82 Å². The third-order valence-electron chi connectivity index (χ3n) is 4.54. The molecular formula is C22H15F3N2O3S. The molecule has 4 aromatic rings. The van der Waals surface area contributed by atoms with Crippen LogP contribution in [-0.4, -0.2) is 18.4 Å². The first-order chi connectivity index (χ1) is 14.6. The van der Waals surface area contributed by atoms with Crippen molar-refractivity contribution in [3.05, 3.63) is 83.9 Å². The monoisotopic (exact) mass is 444 g/mol. The molecule has 4 rings (SSSR count). The number of halogens is 3. The third kappa shape index (κ3) is 4.36. The molecule has 0 fully saturated rings. The molecule has 0 aliphatic carbocycles. The molecule has 0 aliphatic heterocycles. The van der Waals surface area contributed by atoms with Crippen molar-refractivity contribution in [2.75, 3.05) is 0 Å². The maximum atomic E-state index is 12.8. The van der Waals surface area contributed by atoms with Gasteiger partial charge in [0.25, 0.3) is 0 Å². The molecule has 0 spiro atoms. The highest BCUT2D eigenvalue weighted by molar-refractivity contribution is 7.87. The summed E-state index contributed by atoms with van der Waals surface area (Å²) >= 11 is 0. The minimum Gasteiger partial charge on any atom is -0.357 e. The first-order valence-electron chi connectivity index (χ1n) is 9.09. The van der Waals surface area contributed by atoms with Crippen molar-refractivity contribution < 1.29 is 25.8 Å². The Balaban J connectivity index is 1.79. The first-order valence-corrected chi connectivity index (χ1v) is 10.5. The molecule has 1 heterocycles. The van der Waals surface area contributed by atoms with Crippen molar-refractivity contribution in [1.82, 2.24) is 9.97 Å². The molecular weight excluding hydrogens is 429 g/mol. The number of aryl methyl sites for hydroxylation is 1. The Hall–Kier alpha value is -3.46. The van der Waals surface area contributed by atoms with Crippen molar-refractivity contribution in [2.45, 2.75) is 18.0 Å². The standard InChI is InChI=1S/C22H15F3N2O3S/c1-14-6-12-17(13-7-14)31(28,29)30-21-18-4-2-3-5-19(18)26-20(27-21)15-8-10-16(11-9-15)22(23,24)25/h2-13H,1H3. The maximum absolute atomic E-state index is 12.8. The number of rotatable bonds is 4. The molecule has 0 radical (unpaired) electrons. The summed E-state index contributed by atoms with van der Waals surface area (Å²) in [6.07, 6.45) is -4.47. The zero-order valence-electron chi connectivity index (χ0n) is 16.1. The fourth-order valence-corrected chi connectivity index (χ4v) is 3.81. The summed E-state index contributed by atoms with van der Waals surface area (Å²) in [6.45, 7) is 1.82. The van der Waals surface area contributed by atoms with E-state index in [4.69, 9.17) is 4.18 Å². The lowest BCUT2D eigenvalue weighted by Gasteiger charge is -2.11. The minimum atomic E-state index is -4.47. The number of para-hydroxylation sites is 1. The lowest BCUT2D eigenvalue weighted by atomic mass is 10.1. The summed E-state index contributed by atoms with van der Waals surface area (Å²) in [5, 5.41) is 0.355. The van der Waals surface area contributed by atoms with Crippen LogP contribution in [0.3, 0.4) is 0 Å². The molecule has 0 aliphatic rings. The second kappa shape index (κ2) is 7.66. The van der Waals surface area contributed by atoms with Gasteiger partial charge in [0.05, 0.1) is 16.5 Å². The largest absolute Gasteiger partial charge is 0.416 e. The van der Waals surface area contributed by atoms with Crippen LogP contribution in [0.1, 0.15) is 11.1 Å². The highest BCUT2D eigenvalue weighted by Gasteiger charge is 2.30. The van der Waals surface area contributed by atoms with E-state index >= 15 is 0 Å². The SMILES string of the molecule is Cc1ccc(S(=O)(=O)Oc2nc(-c3ccc(C(F)(F)F)cc3)nc3ccccc23)cc1. The van der Waals surface area contributed by atoms with Crippen molar-refractivity contribution in [2.24, 2.45) is 0 Å². The fraction of sp³-hybridized carbons (Fsp3) is 0.0909. The Kier molecular flexibility index (Phi) is 5.14. The predicted molar refractivity (Wildman–Crippen MR) is 109 cm³/mol. The summed E-state index contributed by atoms with van der Waals surface area (Å²) in [5.41, 5.74) is 0.754. The van der Waals surface area contributed by atoms with Crippen LogP contribution in [0.5, 0.6) is 5.88 Å². The smallest absolute Gasteiger partial charge is 0.357 e. The summed E-state index contributed by atoms with van der Waals surface area (Å²) in [6, 6.07) is 17.0. The molecule has 0 atom stereocenters. The number of hydrogen-bond acceptors (Lipinski definition) is 5. The van der Waals surface area contributed by atoms with Crippen LogP contribution in [-0.2, 0) is 16.3 Å². The van der Waals surface area contributed by atoms with Crippen LogP contribution in [0.2, 0.25) is 0 Å². The van der Waals surface area contributed by atoms with Gasteiger partial charge in [0.1, 0.15) is 4.90 Å². The van der Waals surface area contributed by atoms with E-state index in [0.717, 1.165) is 17.7 Å². The van der Waals surface area contributed by atoms with E-state index in [-0.39, 0.29) is 22.2 Å². The van der Waals surface area contributed by atoms with E-state index in [2.05, 4.69) is 9.97 Å². The zero-order chi connectivity index (χ0) is 22.2. The van der Waals surface area contributed by atoms with Crippen molar-refractivity contribution in [1.29, 1.82) is 0 Å². The summed E-state index contributed by atoms with van der Waals surface area (Å²) in [7, 11) is -4.19. The Morgan fingerprint density at radius 2 is 1.48 bits per heavy atom. The second-order valence-electron chi connectivity index (χ2n) is 6.80. The molecule has 5 nitrogen and oxygen atoms in total. The number of hydrogen-bond donors (Lipinski definition) is 0. The predicted octanol–water partition coefficient (Wildman–Crippen LogP) is 5.39. The molecule has 0 N–H and O–H groups in total. The normalized spacial score (nSPS) is 12.1. The molecule has 158 valence electrons. The van der Waals surface area contributed by atoms with Gasteiger partial charge in [-0.2, -0.15) is 26.6 Å². The molecule has 0 saturated heterocycles. The highest BCUT2D eigenvalue weighted by atomic mass is 32.2. The van der Waals surface area contributed by atoms with Gasteiger partial charge in [0, 0.05) is 5.56 Å². The van der Waals surface area contributed by atoms with Crippen LogP contribution in [0.4, 0.5) is 13.2 Å². The molecule has 1 aromatic heterocycles. The van der Waals surface area contributed by atoms with E-state index in [9.17, 15) is 21.6 Å². The van der Waals surface area contributed by atoms with Gasteiger partial charge in [-0.1, -0.05) is 42.0 Å². The average molecular weight is 444 g/mol. The van der Waals surface area contributed by atoms with Crippen LogP contribution < -0.4 is 4.18 Å². The van der Waals surface area contributed by atoms with E-state index in [1.807, 2.05) is 6.92 Å². The van der Waals surface area contributed by atoms with E-state index in [0.29, 0.717) is 10.9 Å². The Labute approximate surface area is 176 Å². The van der Waals surface area contributed by atoms with Gasteiger partial charge in [-0.3, -0.25) is 0 Å². The number of benzene rings is 3. The Morgan fingerprint density at radius 1 is 0.839 bits per heavy atom. The Bertz CT molecular complexity index is 1350. The molecule has 0 saturated carbocycles. The van der Waals surface area contributed by atoms with E-state index in [1.165, 1.54) is 24.3 Å². The van der Waals surface area contributed by atoms with Crippen molar-refractivity contribution in [3.63, 3.8) is 0 Å². The van der Waals surface area contributed by atoms with Crippen molar-refractivity contribution in [3.8, 4) is 17.3 Å². The van der Waals surface area contributed by atoms with Crippen LogP contribution in [0, 0.1) is 6.92 Å². The lowest BCUT2D eigenvalue weighted by molar-refractivity contribution is -0.137. The zero-order valence-corrected chi connectivity index (χ0v) is 16.9. The molecule has 9 heteroatoms. The number of alkyl halides is 3. The van der Waals surface area contributed by atoms with Crippen LogP contribution in [0.25, 0.3) is 22.3 Å². The highest BCUT2D eigenvalue weighted by Crippen LogP contribution is 2.32. The van der Waals surface area contributed by atoms with E-state index < -0.39 is 21.9 Å². The average Bonchev–Trinajstić information content (AvgIpc) is 2.73. The summed E-state index contributed by atoms with van der Waals surface area (Å²) < 4.78 is 69.4. The molecule has 3 aromatic carbocycles. The van der Waals surface area contributed by atoms with Crippen molar-refractivity contribution >= 4 is 21.0 Å². The molecule has 31 heavy (non-hydrogen) atoms. The van der Waals surface area contributed by atoms with Crippen LogP contribution in [0.15, 0.2) is 77.7 Å². The fourth-order valence-electron chi connectivity index (χ4n) is 2.91. The van der Waals surface area contributed by atoms with Crippen LogP contribution >= 0.6 is 0 Å². The molecule has 0 bridgehead atoms. The Morgan fingerprint density at radius 3 is 2.13 bits per heavy atom. The maximum Gasteiger partial charge on any atom is 0.416 e. The molecule has 0 unspecified atom stereocenters. The summed E-state index contributed by atoms with van der Waals surface area (Å²) in [4.78, 5) is 8.50. The molecule has 0 amide bonds. The lowest BCUT2D eigenvalue weighted by Crippen LogP contribution is -2.11. The minimum absolute atomic E-state index is 0.0431. The van der Waals surface area contributed by atoms with Gasteiger partial charge in [-0.25, -0.2) is 4.98 Å². The van der Waals surface area contributed by atoms with Gasteiger partial charge in [-0.15, -0.1) is 0 Å². The topological polar surface area (TPSA) is 69.2 Å². The number of nitrogens with zero attached hydrogens (tertiary/aromatic N) is 2. The second-order valence-corrected chi connectivity index (χ2v) is 8.34. The number of aromatic nitrogens is 2. The van der Waals surface area contributed by atoms with Gasteiger partial charge < -0.3 is 4.18 Å².